The van der Waals surface area contributed by atoms with Crippen LogP contribution in [0.25, 0.3) is 0 Å². The van der Waals surface area contributed by atoms with Gasteiger partial charge < -0.3 is 15.0 Å². The molecule has 2 unspecified atom stereocenters. The van der Waals surface area contributed by atoms with Gasteiger partial charge in [0.05, 0.1) is 12.8 Å². The number of methoxy groups -OCH3 is 1. The van der Waals surface area contributed by atoms with Gasteiger partial charge in [0.2, 0.25) is 0 Å². The summed E-state index contributed by atoms with van der Waals surface area (Å²) in [5.41, 5.74) is 0.985. The Labute approximate surface area is 108 Å². The molecular weight excluding hydrogens is 231 g/mol. The van der Waals surface area contributed by atoms with E-state index in [4.69, 9.17) is 4.74 Å². The third kappa shape index (κ3) is 2.58. The summed E-state index contributed by atoms with van der Waals surface area (Å²) in [5, 5.41) is 3.48. The van der Waals surface area contributed by atoms with Crippen LogP contribution in [-0.4, -0.2) is 32.3 Å². The van der Waals surface area contributed by atoms with Gasteiger partial charge in [0.25, 0.3) is 0 Å². The number of hydrogen-bond donors (Lipinski definition) is 1. The summed E-state index contributed by atoms with van der Waals surface area (Å²) in [6.45, 7) is 6.21. The summed E-state index contributed by atoms with van der Waals surface area (Å²) in [6, 6.07) is 5.63. The Morgan fingerprint density at radius 2 is 2.28 bits per heavy atom. The van der Waals surface area contributed by atoms with E-state index in [1.807, 2.05) is 6.07 Å². The molecule has 1 N–H and O–H groups in total. The lowest BCUT2D eigenvalue weighted by Gasteiger charge is -2.41. The van der Waals surface area contributed by atoms with Crippen LogP contribution in [0.5, 0.6) is 5.75 Å². The molecule has 1 aromatic rings. The minimum absolute atomic E-state index is 0.258. The molecule has 0 aromatic heterocycles. The maximum Gasteiger partial charge on any atom is 0.145 e. The number of rotatable bonds is 3. The van der Waals surface area contributed by atoms with Gasteiger partial charge in [-0.1, -0.05) is 6.92 Å². The zero-order valence-corrected chi connectivity index (χ0v) is 11.2. The number of halogens is 1. The van der Waals surface area contributed by atoms with Crippen LogP contribution < -0.4 is 15.0 Å². The number of hydrogen-bond acceptors (Lipinski definition) is 3. The molecule has 1 aliphatic heterocycles. The molecule has 3 nitrogen and oxygen atoms in total. The molecular formula is C14H21FN2O. The van der Waals surface area contributed by atoms with E-state index in [1.165, 1.54) is 12.1 Å². The van der Waals surface area contributed by atoms with Crippen LogP contribution in [-0.2, 0) is 0 Å². The minimum atomic E-state index is -0.258. The molecule has 1 fully saturated rings. The van der Waals surface area contributed by atoms with E-state index in [-0.39, 0.29) is 5.82 Å². The summed E-state index contributed by atoms with van der Waals surface area (Å²) in [5.74, 6) is 0.356. The van der Waals surface area contributed by atoms with E-state index >= 15 is 0 Å². The SMILES string of the molecule is CCC1CNC(C)CN1c1ccc(F)cc1OC. The van der Waals surface area contributed by atoms with Crippen molar-refractivity contribution < 1.29 is 9.13 Å². The third-order valence-electron chi connectivity index (χ3n) is 3.54. The van der Waals surface area contributed by atoms with E-state index in [0.717, 1.165) is 25.2 Å². The summed E-state index contributed by atoms with van der Waals surface area (Å²) in [6.07, 6.45) is 1.06. The Morgan fingerprint density at radius 1 is 1.50 bits per heavy atom. The lowest BCUT2D eigenvalue weighted by atomic mass is 10.1. The van der Waals surface area contributed by atoms with Crippen LogP contribution in [0.2, 0.25) is 0 Å². The van der Waals surface area contributed by atoms with Crippen molar-refractivity contribution in [3.8, 4) is 5.75 Å². The number of nitrogens with one attached hydrogen (secondary N) is 1. The first-order valence-corrected chi connectivity index (χ1v) is 6.49. The smallest absolute Gasteiger partial charge is 0.145 e. The van der Waals surface area contributed by atoms with Gasteiger partial charge in [0.1, 0.15) is 11.6 Å². The molecule has 1 aliphatic rings. The molecule has 4 heteroatoms. The molecule has 0 spiro atoms. The number of benzene rings is 1. The Bertz CT molecular complexity index is 411. The van der Waals surface area contributed by atoms with Crippen LogP contribution in [0.3, 0.4) is 0 Å². The van der Waals surface area contributed by atoms with Crippen molar-refractivity contribution in [3.05, 3.63) is 24.0 Å². The topological polar surface area (TPSA) is 24.5 Å². The van der Waals surface area contributed by atoms with Gasteiger partial charge in [-0.2, -0.15) is 0 Å². The van der Waals surface area contributed by atoms with Crippen molar-refractivity contribution in [2.75, 3.05) is 25.1 Å². The van der Waals surface area contributed by atoms with Crippen LogP contribution in [0.4, 0.5) is 10.1 Å². The zero-order chi connectivity index (χ0) is 13.1. The fraction of sp³-hybridized carbons (Fsp3) is 0.571. The van der Waals surface area contributed by atoms with Gasteiger partial charge in [-0.25, -0.2) is 4.39 Å². The van der Waals surface area contributed by atoms with E-state index in [9.17, 15) is 4.39 Å². The predicted molar refractivity (Wildman–Crippen MR) is 71.8 cm³/mol. The average molecular weight is 252 g/mol. The molecule has 2 atom stereocenters. The molecule has 100 valence electrons. The van der Waals surface area contributed by atoms with Gasteiger partial charge in [0, 0.05) is 31.2 Å². The third-order valence-corrected chi connectivity index (χ3v) is 3.54. The Balaban J connectivity index is 2.32. The monoisotopic (exact) mass is 252 g/mol. The van der Waals surface area contributed by atoms with E-state index in [0.29, 0.717) is 17.8 Å². The summed E-state index contributed by atoms with van der Waals surface area (Å²) in [4.78, 5) is 2.32. The molecule has 0 amide bonds. The highest BCUT2D eigenvalue weighted by atomic mass is 19.1. The van der Waals surface area contributed by atoms with Gasteiger partial charge in [-0.05, 0) is 25.5 Å². The molecule has 0 bridgehead atoms. The molecule has 2 rings (SSSR count). The first-order chi connectivity index (χ1) is 8.65. The molecule has 1 saturated heterocycles. The number of piperazine rings is 1. The van der Waals surface area contributed by atoms with Crippen molar-refractivity contribution in [1.29, 1.82) is 0 Å². The van der Waals surface area contributed by atoms with E-state index in [1.54, 1.807) is 7.11 Å². The highest BCUT2D eigenvalue weighted by molar-refractivity contribution is 5.59. The van der Waals surface area contributed by atoms with Crippen molar-refractivity contribution in [2.24, 2.45) is 0 Å². The molecule has 1 heterocycles. The fourth-order valence-corrected chi connectivity index (χ4v) is 2.50. The minimum Gasteiger partial charge on any atom is -0.494 e. The van der Waals surface area contributed by atoms with Crippen LogP contribution >= 0.6 is 0 Å². The first-order valence-electron chi connectivity index (χ1n) is 6.49. The Kier molecular flexibility index (Phi) is 4.07. The number of nitrogens with zero attached hydrogens (tertiary/aromatic N) is 1. The molecule has 18 heavy (non-hydrogen) atoms. The van der Waals surface area contributed by atoms with Gasteiger partial charge in [-0.15, -0.1) is 0 Å². The number of anilines is 1. The van der Waals surface area contributed by atoms with Crippen molar-refractivity contribution in [1.82, 2.24) is 5.32 Å². The largest absolute Gasteiger partial charge is 0.494 e. The highest BCUT2D eigenvalue weighted by Gasteiger charge is 2.26. The van der Waals surface area contributed by atoms with Crippen LogP contribution in [0.15, 0.2) is 18.2 Å². The maximum atomic E-state index is 13.2. The predicted octanol–water partition coefficient (Wildman–Crippen LogP) is 2.41. The second kappa shape index (κ2) is 5.57. The Morgan fingerprint density at radius 3 is 2.94 bits per heavy atom. The maximum absolute atomic E-state index is 13.2. The van der Waals surface area contributed by atoms with Crippen molar-refractivity contribution >= 4 is 5.69 Å². The fourth-order valence-electron chi connectivity index (χ4n) is 2.50. The summed E-state index contributed by atoms with van der Waals surface area (Å²) < 4.78 is 18.6. The van der Waals surface area contributed by atoms with Gasteiger partial charge >= 0.3 is 0 Å². The average Bonchev–Trinajstić information content (AvgIpc) is 2.38. The second-order valence-corrected chi connectivity index (χ2v) is 4.84. The van der Waals surface area contributed by atoms with E-state index < -0.39 is 0 Å². The lowest BCUT2D eigenvalue weighted by molar-refractivity contribution is 0.383. The zero-order valence-electron chi connectivity index (χ0n) is 11.2. The van der Waals surface area contributed by atoms with Crippen molar-refractivity contribution in [2.45, 2.75) is 32.4 Å². The lowest BCUT2D eigenvalue weighted by Crippen LogP contribution is -2.55. The summed E-state index contributed by atoms with van der Waals surface area (Å²) >= 11 is 0. The Hall–Kier alpha value is -1.29. The van der Waals surface area contributed by atoms with Crippen LogP contribution in [0, 0.1) is 5.82 Å². The van der Waals surface area contributed by atoms with E-state index in [2.05, 4.69) is 24.1 Å². The standard InChI is InChI=1S/C14H21FN2O/c1-4-12-8-16-10(2)9-17(12)13-6-5-11(15)7-14(13)18-3/h5-7,10,12,16H,4,8-9H2,1-3H3. The first kappa shape index (κ1) is 13.1. The van der Waals surface area contributed by atoms with Gasteiger partial charge in [0.15, 0.2) is 0 Å². The second-order valence-electron chi connectivity index (χ2n) is 4.84. The quantitative estimate of drug-likeness (QED) is 0.894. The molecule has 0 radical (unpaired) electrons. The van der Waals surface area contributed by atoms with Crippen LogP contribution in [0.1, 0.15) is 20.3 Å². The van der Waals surface area contributed by atoms with Gasteiger partial charge in [-0.3, -0.25) is 0 Å². The molecule has 0 aliphatic carbocycles. The highest BCUT2D eigenvalue weighted by Crippen LogP contribution is 2.32. The summed E-state index contributed by atoms with van der Waals surface area (Å²) in [7, 11) is 1.59. The molecule has 0 saturated carbocycles. The van der Waals surface area contributed by atoms with Crippen molar-refractivity contribution in [3.63, 3.8) is 0 Å². The normalized spacial score (nSPS) is 24.1. The number of ether oxygens (including phenoxy) is 1. The molecule has 1 aromatic carbocycles.